The summed E-state index contributed by atoms with van der Waals surface area (Å²) >= 11 is 1.57. The topological polar surface area (TPSA) is 90.3 Å². The summed E-state index contributed by atoms with van der Waals surface area (Å²) in [6.45, 7) is 14.0. The number of nitrogens with zero attached hydrogens (tertiary/aromatic N) is 3. The first-order valence-electron chi connectivity index (χ1n) is 10.3. The average Bonchev–Trinajstić information content (AvgIpc) is 3.16. The highest BCUT2D eigenvalue weighted by atomic mass is 32.1. The molecule has 2 aromatic rings. The monoisotopic (exact) mass is 427 g/mol. The standard InChI is InChI=1S/C23H33N5OS/c1-14-11-17(12-15(2)20(14)29-10-9-24)22-27-26-21(30-22)16(3)18-7-8-23(4,5)13-19(18)28(6)25/h11-12H,3,7-10,13,24-25H2,1-2,4-6H3. The molecule has 1 heterocycles. The Hall–Kier alpha value is -2.22. The van der Waals surface area contributed by atoms with Crippen molar-refractivity contribution < 1.29 is 4.74 Å². The van der Waals surface area contributed by atoms with Crippen LogP contribution in [0.1, 0.15) is 49.2 Å². The number of rotatable bonds is 7. The molecule has 6 nitrogen and oxygen atoms in total. The van der Waals surface area contributed by atoms with E-state index < -0.39 is 0 Å². The molecule has 0 amide bonds. The highest BCUT2D eigenvalue weighted by Crippen LogP contribution is 2.44. The smallest absolute Gasteiger partial charge is 0.148 e. The maximum atomic E-state index is 6.15. The van der Waals surface area contributed by atoms with E-state index in [2.05, 4.69) is 42.8 Å². The van der Waals surface area contributed by atoms with Crippen LogP contribution in [0.2, 0.25) is 0 Å². The van der Waals surface area contributed by atoms with E-state index in [1.54, 1.807) is 16.3 Å². The number of aryl methyl sites for hydroxylation is 2. The van der Waals surface area contributed by atoms with Crippen LogP contribution in [0.3, 0.4) is 0 Å². The van der Waals surface area contributed by atoms with Gasteiger partial charge in [0.2, 0.25) is 0 Å². The van der Waals surface area contributed by atoms with E-state index in [0.29, 0.717) is 13.2 Å². The Kier molecular flexibility index (Phi) is 6.65. The minimum Gasteiger partial charge on any atom is -0.492 e. The van der Waals surface area contributed by atoms with E-state index in [9.17, 15) is 0 Å². The van der Waals surface area contributed by atoms with Crippen molar-refractivity contribution in [1.29, 1.82) is 0 Å². The average molecular weight is 428 g/mol. The first-order valence-corrected chi connectivity index (χ1v) is 11.1. The highest BCUT2D eigenvalue weighted by Gasteiger charge is 2.30. The fourth-order valence-corrected chi connectivity index (χ4v) is 4.80. The largest absolute Gasteiger partial charge is 0.492 e. The number of allylic oxidation sites excluding steroid dienone is 3. The molecule has 3 rings (SSSR count). The molecule has 1 aromatic carbocycles. The van der Waals surface area contributed by atoms with Crippen LogP contribution in [0.25, 0.3) is 16.1 Å². The van der Waals surface area contributed by atoms with Gasteiger partial charge in [-0.2, -0.15) is 0 Å². The van der Waals surface area contributed by atoms with Crippen molar-refractivity contribution in [3.8, 4) is 16.3 Å². The second kappa shape index (κ2) is 8.88. The zero-order valence-corrected chi connectivity index (χ0v) is 19.5. The molecule has 0 fully saturated rings. The predicted molar refractivity (Wildman–Crippen MR) is 125 cm³/mol. The van der Waals surface area contributed by atoms with Crippen LogP contribution < -0.4 is 16.3 Å². The van der Waals surface area contributed by atoms with E-state index in [1.807, 2.05) is 20.9 Å². The Morgan fingerprint density at radius 2 is 1.93 bits per heavy atom. The molecule has 0 radical (unpaired) electrons. The lowest BCUT2D eigenvalue weighted by Gasteiger charge is -2.36. The normalized spacial score (nSPS) is 16.0. The van der Waals surface area contributed by atoms with Crippen molar-refractivity contribution in [2.45, 2.75) is 47.0 Å². The molecule has 4 N–H and O–H groups in total. The third kappa shape index (κ3) is 4.74. The van der Waals surface area contributed by atoms with Gasteiger partial charge in [-0.15, -0.1) is 10.2 Å². The number of hydrazine groups is 1. The maximum Gasteiger partial charge on any atom is 0.148 e. The summed E-state index contributed by atoms with van der Waals surface area (Å²) in [5.74, 6) is 7.05. The summed E-state index contributed by atoms with van der Waals surface area (Å²) in [6, 6.07) is 4.18. The third-order valence-corrected chi connectivity index (χ3v) is 6.62. The van der Waals surface area contributed by atoms with Gasteiger partial charge >= 0.3 is 0 Å². The van der Waals surface area contributed by atoms with Gasteiger partial charge in [-0.3, -0.25) is 0 Å². The second-order valence-corrected chi connectivity index (χ2v) is 9.82. The number of benzene rings is 1. The zero-order valence-electron chi connectivity index (χ0n) is 18.7. The summed E-state index contributed by atoms with van der Waals surface area (Å²) in [4.78, 5) is 0. The first-order chi connectivity index (χ1) is 14.1. The van der Waals surface area contributed by atoms with Crippen LogP contribution in [0.5, 0.6) is 5.75 Å². The number of aromatic nitrogens is 2. The Balaban J connectivity index is 1.90. The minimum atomic E-state index is 0.238. The lowest BCUT2D eigenvalue weighted by molar-refractivity contribution is 0.266. The fourth-order valence-electron chi connectivity index (χ4n) is 3.97. The van der Waals surface area contributed by atoms with Gasteiger partial charge in [0.25, 0.3) is 0 Å². The zero-order chi connectivity index (χ0) is 22.1. The molecule has 0 aliphatic heterocycles. The molecule has 0 bridgehead atoms. The van der Waals surface area contributed by atoms with Gasteiger partial charge < -0.3 is 15.5 Å². The van der Waals surface area contributed by atoms with Crippen molar-refractivity contribution >= 4 is 16.9 Å². The minimum absolute atomic E-state index is 0.238. The molecule has 7 heteroatoms. The van der Waals surface area contributed by atoms with Crippen molar-refractivity contribution in [3.05, 3.63) is 46.1 Å². The molecule has 1 aromatic heterocycles. The third-order valence-electron chi connectivity index (χ3n) is 5.59. The summed E-state index contributed by atoms with van der Waals surface area (Å²) in [6.07, 6.45) is 2.98. The van der Waals surface area contributed by atoms with E-state index >= 15 is 0 Å². The van der Waals surface area contributed by atoms with Crippen LogP contribution in [0, 0.1) is 19.3 Å². The van der Waals surface area contributed by atoms with E-state index in [1.165, 1.54) is 5.57 Å². The first kappa shape index (κ1) is 22.5. The lowest BCUT2D eigenvalue weighted by atomic mass is 9.75. The van der Waals surface area contributed by atoms with E-state index in [-0.39, 0.29) is 5.41 Å². The number of hydrogen-bond acceptors (Lipinski definition) is 7. The molecule has 162 valence electrons. The number of hydrogen-bond donors (Lipinski definition) is 2. The van der Waals surface area contributed by atoms with Gasteiger partial charge in [0.1, 0.15) is 22.4 Å². The Morgan fingerprint density at radius 1 is 1.27 bits per heavy atom. The van der Waals surface area contributed by atoms with Crippen molar-refractivity contribution in [2.24, 2.45) is 17.0 Å². The van der Waals surface area contributed by atoms with Gasteiger partial charge in [-0.05, 0) is 67.4 Å². The summed E-state index contributed by atoms with van der Waals surface area (Å²) in [5, 5.41) is 12.4. The van der Waals surface area contributed by atoms with Crippen LogP contribution in [0.4, 0.5) is 0 Å². The SMILES string of the molecule is C=C(C1=C(N(C)N)CC(C)(C)CC1)c1nnc(-c2cc(C)c(OCCN)c(C)c2)s1. The van der Waals surface area contributed by atoms with Crippen molar-refractivity contribution in [3.63, 3.8) is 0 Å². The molecule has 30 heavy (non-hydrogen) atoms. The van der Waals surface area contributed by atoms with Gasteiger partial charge in [-0.1, -0.05) is 31.8 Å². The van der Waals surface area contributed by atoms with E-state index in [0.717, 1.165) is 63.0 Å². The molecule has 1 aliphatic rings. The molecule has 0 saturated heterocycles. The molecule has 0 saturated carbocycles. The number of ether oxygens (including phenoxy) is 1. The summed E-state index contributed by atoms with van der Waals surface area (Å²) < 4.78 is 5.79. The maximum absolute atomic E-state index is 6.15. The second-order valence-electron chi connectivity index (χ2n) is 8.84. The molecular formula is C23H33N5OS. The fraction of sp³-hybridized carbons (Fsp3) is 0.478. The Bertz CT molecular complexity index is 951. The lowest BCUT2D eigenvalue weighted by Crippen LogP contribution is -2.32. The Labute approximate surface area is 183 Å². The Morgan fingerprint density at radius 3 is 2.53 bits per heavy atom. The highest BCUT2D eigenvalue weighted by molar-refractivity contribution is 7.15. The van der Waals surface area contributed by atoms with Crippen LogP contribution >= 0.6 is 11.3 Å². The van der Waals surface area contributed by atoms with E-state index in [4.69, 9.17) is 16.3 Å². The molecule has 0 spiro atoms. The van der Waals surface area contributed by atoms with Gasteiger partial charge in [0.15, 0.2) is 0 Å². The predicted octanol–water partition coefficient (Wildman–Crippen LogP) is 4.44. The molecule has 0 atom stereocenters. The molecule has 0 unspecified atom stereocenters. The molecule has 1 aliphatic carbocycles. The van der Waals surface area contributed by atoms with Crippen LogP contribution in [-0.2, 0) is 0 Å². The summed E-state index contributed by atoms with van der Waals surface area (Å²) in [7, 11) is 1.90. The van der Waals surface area contributed by atoms with Crippen molar-refractivity contribution in [1.82, 2.24) is 15.2 Å². The molecular weight excluding hydrogens is 394 g/mol. The van der Waals surface area contributed by atoms with Gasteiger partial charge in [0, 0.05) is 30.4 Å². The summed E-state index contributed by atoms with van der Waals surface area (Å²) in [5.41, 5.74) is 12.2. The van der Waals surface area contributed by atoms with Crippen molar-refractivity contribution in [2.75, 3.05) is 20.2 Å². The number of nitrogens with two attached hydrogens (primary N) is 2. The quantitative estimate of drug-likeness (QED) is 0.501. The van der Waals surface area contributed by atoms with Crippen LogP contribution in [-0.4, -0.2) is 35.4 Å². The van der Waals surface area contributed by atoms with Crippen LogP contribution in [0.15, 0.2) is 30.0 Å². The van der Waals surface area contributed by atoms with Gasteiger partial charge in [0.05, 0.1) is 0 Å². The van der Waals surface area contributed by atoms with Gasteiger partial charge in [-0.25, -0.2) is 5.84 Å².